The Balaban J connectivity index is 0. The van der Waals surface area contributed by atoms with Crippen LogP contribution in [-0.4, -0.2) is 24.4 Å². The molecule has 0 fully saturated rings. The summed E-state index contributed by atoms with van der Waals surface area (Å²) in [5.41, 5.74) is 0. The first-order valence-electron chi connectivity index (χ1n) is 5.31. The average molecular weight is 336 g/mol. The van der Waals surface area contributed by atoms with Crippen molar-refractivity contribution in [2.45, 2.75) is 0 Å². The van der Waals surface area contributed by atoms with Crippen molar-refractivity contribution in [3.05, 3.63) is 48.5 Å². The number of methoxy groups -OCH3 is 2. The normalized spacial score (nSPS) is 8.10. The van der Waals surface area contributed by atoms with Crippen LogP contribution in [0.25, 0.3) is 0 Å². The molecule has 0 heterocycles. The van der Waals surface area contributed by atoms with Crippen LogP contribution in [0.5, 0.6) is 23.0 Å². The number of phenols is 2. The SMILES string of the molecule is COc1ccc(O)cc1.COc1ccc(O)cc1.[Cl-].[Cr]. The average Bonchev–Trinajstić information content (AvgIpc) is 2.41. The summed E-state index contributed by atoms with van der Waals surface area (Å²) in [7, 11) is 3.18. The van der Waals surface area contributed by atoms with Crippen molar-refractivity contribution < 1.29 is 49.5 Å². The van der Waals surface area contributed by atoms with Gasteiger partial charge < -0.3 is 32.1 Å². The van der Waals surface area contributed by atoms with E-state index in [4.69, 9.17) is 19.7 Å². The molecule has 2 aromatic rings. The van der Waals surface area contributed by atoms with Gasteiger partial charge in [0, 0.05) is 17.4 Å². The molecule has 0 saturated heterocycles. The van der Waals surface area contributed by atoms with E-state index in [9.17, 15) is 0 Å². The fourth-order valence-electron chi connectivity index (χ4n) is 1.16. The number of phenolic OH excluding ortho intramolecular Hbond substituents is 2. The molecule has 0 aliphatic carbocycles. The molecule has 4 nitrogen and oxygen atoms in total. The summed E-state index contributed by atoms with van der Waals surface area (Å²) in [6, 6.07) is 13.1. The first kappa shape index (κ1) is 20.8. The van der Waals surface area contributed by atoms with Gasteiger partial charge in [-0.25, -0.2) is 0 Å². The molecule has 0 saturated carbocycles. The molecule has 6 heteroatoms. The molecule has 0 radical (unpaired) electrons. The molecule has 2 N–H and O–H groups in total. The van der Waals surface area contributed by atoms with Gasteiger partial charge >= 0.3 is 0 Å². The van der Waals surface area contributed by atoms with Crippen LogP contribution in [0.3, 0.4) is 0 Å². The van der Waals surface area contributed by atoms with Crippen molar-refractivity contribution in [3.8, 4) is 23.0 Å². The van der Waals surface area contributed by atoms with Gasteiger partial charge in [-0.1, -0.05) is 0 Å². The summed E-state index contributed by atoms with van der Waals surface area (Å²) in [5, 5.41) is 17.6. The number of ether oxygens (including phenoxy) is 2. The Morgan fingerprint density at radius 3 is 1.10 bits per heavy atom. The fourth-order valence-corrected chi connectivity index (χ4v) is 1.16. The number of benzene rings is 2. The molecule has 2 aromatic carbocycles. The minimum Gasteiger partial charge on any atom is -1.00 e. The molecule has 110 valence electrons. The summed E-state index contributed by atoms with van der Waals surface area (Å²) in [5.74, 6) is 2.03. The van der Waals surface area contributed by atoms with Crippen LogP contribution in [0.15, 0.2) is 48.5 Å². The third kappa shape index (κ3) is 7.80. The van der Waals surface area contributed by atoms with Crippen molar-refractivity contribution in [2.24, 2.45) is 0 Å². The monoisotopic (exact) mass is 335 g/mol. The van der Waals surface area contributed by atoms with Gasteiger partial charge in [0.15, 0.2) is 0 Å². The Hall–Kier alpha value is -1.54. The van der Waals surface area contributed by atoms with Crippen LogP contribution in [0.4, 0.5) is 0 Å². The van der Waals surface area contributed by atoms with Gasteiger partial charge in [-0.3, -0.25) is 0 Å². The molecule has 0 amide bonds. The zero-order valence-corrected chi connectivity index (χ0v) is 13.1. The van der Waals surface area contributed by atoms with Gasteiger partial charge in [-0.05, 0) is 48.5 Å². The third-order valence-electron chi connectivity index (χ3n) is 2.14. The molecule has 0 spiro atoms. The van der Waals surface area contributed by atoms with E-state index in [1.165, 1.54) is 0 Å². The molecular formula is C14H16ClCrO4-. The summed E-state index contributed by atoms with van der Waals surface area (Å²) in [6.07, 6.45) is 0. The van der Waals surface area contributed by atoms with Crippen molar-refractivity contribution in [3.63, 3.8) is 0 Å². The molecule has 0 aliphatic rings. The fraction of sp³-hybridized carbons (Fsp3) is 0.143. The second kappa shape index (κ2) is 11.3. The largest absolute Gasteiger partial charge is 1.00 e. The summed E-state index contributed by atoms with van der Waals surface area (Å²) in [6.45, 7) is 0. The summed E-state index contributed by atoms with van der Waals surface area (Å²) in [4.78, 5) is 0. The van der Waals surface area contributed by atoms with Crippen LogP contribution >= 0.6 is 0 Å². The molecule has 0 atom stereocenters. The number of halogens is 1. The standard InChI is InChI=1S/2C7H8O2.ClH.Cr/c2*1-9-7-4-2-6(8)3-5-7;;/h2*2-5,8H,1H3;1H;/p-1. The summed E-state index contributed by atoms with van der Waals surface area (Å²) >= 11 is 0. The minimum atomic E-state index is 0. The Morgan fingerprint density at radius 1 is 0.650 bits per heavy atom. The van der Waals surface area contributed by atoms with Crippen LogP contribution < -0.4 is 21.9 Å². The zero-order valence-electron chi connectivity index (χ0n) is 11.1. The van der Waals surface area contributed by atoms with Crippen molar-refractivity contribution in [1.82, 2.24) is 0 Å². The number of hydrogen-bond donors (Lipinski definition) is 2. The van der Waals surface area contributed by atoms with Gasteiger partial charge in [0.05, 0.1) is 14.2 Å². The van der Waals surface area contributed by atoms with Gasteiger partial charge in [0.1, 0.15) is 23.0 Å². The molecule has 0 unspecified atom stereocenters. The molecule has 0 aliphatic heterocycles. The molecule has 0 aromatic heterocycles. The molecule has 20 heavy (non-hydrogen) atoms. The van der Waals surface area contributed by atoms with E-state index in [0.29, 0.717) is 0 Å². The molecule has 0 bridgehead atoms. The quantitative estimate of drug-likeness (QED) is 0.798. The molecular weight excluding hydrogens is 320 g/mol. The van der Waals surface area contributed by atoms with E-state index in [-0.39, 0.29) is 41.3 Å². The second-order valence-corrected chi connectivity index (χ2v) is 3.40. The van der Waals surface area contributed by atoms with Crippen molar-refractivity contribution in [1.29, 1.82) is 0 Å². The van der Waals surface area contributed by atoms with Crippen LogP contribution in [0.1, 0.15) is 0 Å². The number of hydrogen-bond acceptors (Lipinski definition) is 4. The van der Waals surface area contributed by atoms with E-state index in [1.54, 1.807) is 62.8 Å². The van der Waals surface area contributed by atoms with Crippen molar-refractivity contribution in [2.75, 3.05) is 14.2 Å². The maximum Gasteiger partial charge on any atom is 0.119 e. The Kier molecular flexibility index (Phi) is 11.7. The first-order valence-corrected chi connectivity index (χ1v) is 5.31. The Labute approximate surface area is 135 Å². The Morgan fingerprint density at radius 2 is 0.900 bits per heavy atom. The van der Waals surface area contributed by atoms with Gasteiger partial charge in [-0.2, -0.15) is 0 Å². The maximum atomic E-state index is 8.80. The molecule has 2 rings (SSSR count). The predicted octanol–water partition coefficient (Wildman–Crippen LogP) is -0.197. The van der Waals surface area contributed by atoms with Crippen LogP contribution in [-0.2, 0) is 17.4 Å². The van der Waals surface area contributed by atoms with Gasteiger partial charge in [-0.15, -0.1) is 0 Å². The third-order valence-corrected chi connectivity index (χ3v) is 2.14. The number of aromatic hydroxyl groups is 2. The van der Waals surface area contributed by atoms with Gasteiger partial charge in [0.25, 0.3) is 0 Å². The summed E-state index contributed by atoms with van der Waals surface area (Å²) < 4.78 is 9.72. The smallest absolute Gasteiger partial charge is 0.119 e. The van der Waals surface area contributed by atoms with Crippen LogP contribution in [0, 0.1) is 0 Å². The van der Waals surface area contributed by atoms with Crippen LogP contribution in [0.2, 0.25) is 0 Å². The van der Waals surface area contributed by atoms with Gasteiger partial charge in [0.2, 0.25) is 0 Å². The van der Waals surface area contributed by atoms with E-state index < -0.39 is 0 Å². The van der Waals surface area contributed by atoms with E-state index in [2.05, 4.69) is 0 Å². The van der Waals surface area contributed by atoms with E-state index >= 15 is 0 Å². The Bertz CT molecular complexity index is 414. The van der Waals surface area contributed by atoms with Crippen molar-refractivity contribution >= 4 is 0 Å². The maximum absolute atomic E-state index is 8.80. The minimum absolute atomic E-state index is 0. The van der Waals surface area contributed by atoms with E-state index in [1.807, 2.05) is 0 Å². The second-order valence-electron chi connectivity index (χ2n) is 3.40. The topological polar surface area (TPSA) is 58.9 Å². The van der Waals surface area contributed by atoms with E-state index in [0.717, 1.165) is 11.5 Å². The number of rotatable bonds is 2. The zero-order chi connectivity index (χ0) is 13.4. The predicted molar refractivity (Wildman–Crippen MR) is 69.3 cm³/mol. The first-order chi connectivity index (χ1) is 8.65.